The van der Waals surface area contributed by atoms with Crippen molar-refractivity contribution < 1.29 is 9.13 Å². The van der Waals surface area contributed by atoms with Crippen molar-refractivity contribution in [3.8, 4) is 0 Å². The summed E-state index contributed by atoms with van der Waals surface area (Å²) in [5.41, 5.74) is 0.917. The molecule has 5 nitrogen and oxygen atoms in total. The van der Waals surface area contributed by atoms with Gasteiger partial charge in [0.2, 0.25) is 0 Å². The molecule has 0 radical (unpaired) electrons. The molecule has 1 rings (SSSR count). The van der Waals surface area contributed by atoms with Gasteiger partial charge in [0.15, 0.2) is 0 Å². The second-order valence-corrected chi connectivity index (χ2v) is 6.70. The summed E-state index contributed by atoms with van der Waals surface area (Å²) >= 11 is 3.26. The lowest BCUT2D eigenvalue weighted by molar-refractivity contribution is -0.385. The summed E-state index contributed by atoms with van der Waals surface area (Å²) in [5.74, 6) is 0.657. The smallest absolute Gasteiger partial charge is 0.283 e. The van der Waals surface area contributed by atoms with Crippen molar-refractivity contribution in [1.29, 1.82) is 0 Å². The topological polar surface area (TPSA) is 72.2 Å². The number of nitro groups is 1. The van der Waals surface area contributed by atoms with Crippen molar-refractivity contribution in [2.45, 2.75) is 25.9 Å². The Bertz CT molecular complexity index is 482. The second-order valence-electron chi connectivity index (χ2n) is 4.36. The Morgan fingerprint density at radius 2 is 2.21 bits per heavy atom. The highest BCUT2D eigenvalue weighted by Crippen LogP contribution is 2.28. The molecule has 0 aliphatic heterocycles. The van der Waals surface area contributed by atoms with Crippen LogP contribution in [0.15, 0.2) is 22.7 Å². The fourth-order valence-electron chi connectivity index (χ4n) is 1.57. The monoisotopic (exact) mass is 348 g/mol. The molecule has 1 aromatic carbocycles. The van der Waals surface area contributed by atoms with Crippen LogP contribution in [0.1, 0.15) is 18.9 Å². The molecule has 2 atom stereocenters. The molecule has 0 bridgehead atoms. The molecule has 0 saturated heterocycles. The molecule has 0 saturated carbocycles. The molecule has 0 fully saturated rings. The number of hydrogen-bond acceptors (Lipinski definition) is 4. The molecule has 0 spiro atoms. The Morgan fingerprint density at radius 1 is 1.53 bits per heavy atom. The molecule has 0 aliphatic rings. The summed E-state index contributed by atoms with van der Waals surface area (Å²) in [5, 5.41) is 14.1. The fourth-order valence-corrected chi connectivity index (χ4v) is 2.81. The third-order valence-corrected chi connectivity index (χ3v) is 4.46. The summed E-state index contributed by atoms with van der Waals surface area (Å²) < 4.78 is 11.5. The van der Waals surface area contributed by atoms with E-state index >= 15 is 0 Å². The van der Waals surface area contributed by atoms with E-state index in [9.17, 15) is 14.3 Å². The molecule has 0 heterocycles. The zero-order valence-electron chi connectivity index (χ0n) is 10.9. The highest BCUT2D eigenvalue weighted by atomic mass is 79.9. The van der Waals surface area contributed by atoms with Gasteiger partial charge in [-0.1, -0.05) is 12.1 Å². The summed E-state index contributed by atoms with van der Waals surface area (Å²) in [6.45, 7) is 2.55. The third kappa shape index (κ3) is 5.38. The van der Waals surface area contributed by atoms with Crippen molar-refractivity contribution >= 4 is 32.4 Å². The molecule has 7 heteroatoms. The summed E-state index contributed by atoms with van der Waals surface area (Å²) in [6, 6.07) is 5.20. The maximum absolute atomic E-state index is 11.0. The van der Waals surface area contributed by atoms with Gasteiger partial charge >= 0.3 is 0 Å². The lowest BCUT2D eigenvalue weighted by Gasteiger charge is -2.13. The van der Waals surface area contributed by atoms with E-state index in [-0.39, 0.29) is 11.7 Å². The minimum Gasteiger partial charge on any atom is -0.310 e. The largest absolute Gasteiger partial charge is 0.310 e. The SMILES string of the molecule is CC(CCS(C)=O)NCc1cccc([N+](=O)[O-])c1Br. The van der Waals surface area contributed by atoms with E-state index in [1.807, 2.05) is 13.0 Å². The van der Waals surface area contributed by atoms with E-state index in [1.165, 1.54) is 6.07 Å². The molecule has 0 aliphatic carbocycles. The maximum Gasteiger partial charge on any atom is 0.283 e. The predicted molar refractivity (Wildman–Crippen MR) is 80.6 cm³/mol. The number of nitrogens with zero attached hydrogens (tertiary/aromatic N) is 1. The Hall–Kier alpha value is -0.790. The number of rotatable bonds is 7. The van der Waals surface area contributed by atoms with Crippen LogP contribution in [-0.2, 0) is 17.3 Å². The zero-order valence-corrected chi connectivity index (χ0v) is 13.3. The van der Waals surface area contributed by atoms with Gasteiger partial charge in [-0.15, -0.1) is 0 Å². The van der Waals surface area contributed by atoms with Crippen LogP contribution in [0.4, 0.5) is 5.69 Å². The van der Waals surface area contributed by atoms with Crippen LogP contribution in [0, 0.1) is 10.1 Å². The molecule has 1 N–H and O–H groups in total. The van der Waals surface area contributed by atoms with E-state index in [0.29, 0.717) is 16.8 Å². The van der Waals surface area contributed by atoms with E-state index in [0.717, 1.165) is 12.0 Å². The first kappa shape index (κ1) is 16.3. The van der Waals surface area contributed by atoms with Crippen molar-refractivity contribution in [3.05, 3.63) is 38.3 Å². The van der Waals surface area contributed by atoms with Gasteiger partial charge in [0, 0.05) is 41.5 Å². The van der Waals surface area contributed by atoms with Gasteiger partial charge < -0.3 is 5.32 Å². The Kier molecular flexibility index (Phi) is 6.60. The standard InChI is InChI=1S/C12H17BrN2O3S/c1-9(6-7-19(2)18)14-8-10-4-3-5-11(12(10)13)15(16)17/h3-5,9,14H,6-8H2,1-2H3. The lowest BCUT2D eigenvalue weighted by Crippen LogP contribution is -2.27. The van der Waals surface area contributed by atoms with Crippen LogP contribution in [0.3, 0.4) is 0 Å². The molecule has 0 amide bonds. The highest BCUT2D eigenvalue weighted by molar-refractivity contribution is 9.10. The second kappa shape index (κ2) is 7.72. The van der Waals surface area contributed by atoms with Crippen LogP contribution in [0.25, 0.3) is 0 Å². The van der Waals surface area contributed by atoms with E-state index in [1.54, 1.807) is 12.3 Å². The summed E-state index contributed by atoms with van der Waals surface area (Å²) in [7, 11) is -0.787. The van der Waals surface area contributed by atoms with Crippen molar-refractivity contribution in [3.63, 3.8) is 0 Å². The Labute approximate surface area is 123 Å². The molecule has 0 aromatic heterocycles. The van der Waals surface area contributed by atoms with Crippen molar-refractivity contribution in [2.75, 3.05) is 12.0 Å². The van der Waals surface area contributed by atoms with Crippen LogP contribution in [0.2, 0.25) is 0 Å². The Morgan fingerprint density at radius 3 is 2.79 bits per heavy atom. The number of nitro benzene ring substituents is 1. The van der Waals surface area contributed by atoms with Gasteiger partial charge in [-0.05, 0) is 34.8 Å². The minimum absolute atomic E-state index is 0.0709. The predicted octanol–water partition coefficient (Wildman–Crippen LogP) is 2.60. The minimum atomic E-state index is -0.787. The first-order valence-electron chi connectivity index (χ1n) is 5.87. The van der Waals surface area contributed by atoms with E-state index in [2.05, 4.69) is 21.2 Å². The number of halogens is 1. The molecule has 1 aromatic rings. The van der Waals surface area contributed by atoms with Crippen LogP contribution in [-0.4, -0.2) is 27.2 Å². The Balaban J connectivity index is 2.60. The molecule has 19 heavy (non-hydrogen) atoms. The summed E-state index contributed by atoms with van der Waals surface area (Å²) in [6.07, 6.45) is 2.50. The van der Waals surface area contributed by atoms with Gasteiger partial charge in [0.1, 0.15) is 0 Å². The average molecular weight is 349 g/mol. The normalized spacial score (nSPS) is 14.1. The van der Waals surface area contributed by atoms with Gasteiger partial charge in [0.05, 0.1) is 9.40 Å². The fraction of sp³-hybridized carbons (Fsp3) is 0.500. The highest BCUT2D eigenvalue weighted by Gasteiger charge is 2.14. The third-order valence-electron chi connectivity index (χ3n) is 2.73. The molecule has 2 unspecified atom stereocenters. The first-order valence-corrected chi connectivity index (χ1v) is 8.39. The number of benzene rings is 1. The molecule has 106 valence electrons. The van der Waals surface area contributed by atoms with Crippen LogP contribution < -0.4 is 5.32 Å². The van der Waals surface area contributed by atoms with Crippen LogP contribution in [0.5, 0.6) is 0 Å². The number of hydrogen-bond donors (Lipinski definition) is 1. The summed E-state index contributed by atoms with van der Waals surface area (Å²) in [4.78, 5) is 10.4. The van der Waals surface area contributed by atoms with Gasteiger partial charge in [-0.3, -0.25) is 14.3 Å². The van der Waals surface area contributed by atoms with E-state index in [4.69, 9.17) is 0 Å². The van der Waals surface area contributed by atoms with Crippen molar-refractivity contribution in [2.24, 2.45) is 0 Å². The number of nitrogens with one attached hydrogen (secondary N) is 1. The van der Waals surface area contributed by atoms with Gasteiger partial charge in [-0.25, -0.2) is 0 Å². The first-order chi connectivity index (χ1) is 8.91. The lowest BCUT2D eigenvalue weighted by atomic mass is 10.2. The van der Waals surface area contributed by atoms with Crippen LogP contribution >= 0.6 is 15.9 Å². The average Bonchev–Trinajstić information content (AvgIpc) is 2.34. The molecular formula is C12H17BrN2O3S. The van der Waals surface area contributed by atoms with Crippen molar-refractivity contribution in [1.82, 2.24) is 5.32 Å². The quantitative estimate of drug-likeness (QED) is 0.607. The molecular weight excluding hydrogens is 332 g/mol. The van der Waals surface area contributed by atoms with Gasteiger partial charge in [0.25, 0.3) is 5.69 Å². The maximum atomic E-state index is 11.0. The zero-order chi connectivity index (χ0) is 14.4. The van der Waals surface area contributed by atoms with Gasteiger partial charge in [-0.2, -0.15) is 0 Å². The van der Waals surface area contributed by atoms with E-state index < -0.39 is 15.7 Å².